The summed E-state index contributed by atoms with van der Waals surface area (Å²) in [6, 6.07) is 0. The Morgan fingerprint density at radius 2 is 2.15 bits per heavy atom. The van der Waals surface area contributed by atoms with Crippen LogP contribution in [0, 0.1) is 5.92 Å². The second-order valence-electron chi connectivity index (χ2n) is 2.99. The van der Waals surface area contributed by atoms with Gasteiger partial charge in [-0.2, -0.15) is 0 Å². The Hall–Kier alpha value is 1.88. The van der Waals surface area contributed by atoms with Crippen LogP contribution >= 0.6 is 24.8 Å². The van der Waals surface area contributed by atoms with E-state index in [0.29, 0.717) is 10.3 Å². The second-order valence-corrected chi connectivity index (χ2v) is 4.07. The molecule has 0 saturated heterocycles. The molecule has 0 aromatic carbocycles. The van der Waals surface area contributed by atoms with Gasteiger partial charge in [0, 0.05) is 0 Å². The van der Waals surface area contributed by atoms with Gasteiger partial charge in [-0.25, -0.2) is 0 Å². The molecule has 0 saturated carbocycles. The molecule has 1 unspecified atom stereocenters. The normalized spacial score (nSPS) is 11.6. The van der Waals surface area contributed by atoms with Gasteiger partial charge in [0.25, 0.3) is 0 Å². The molecule has 0 radical (unpaired) electrons. The van der Waals surface area contributed by atoms with Crippen LogP contribution in [0.2, 0.25) is 0 Å². The molecule has 1 nitrogen and oxygen atoms in total. The van der Waals surface area contributed by atoms with E-state index in [4.69, 9.17) is 17.0 Å². The van der Waals surface area contributed by atoms with Crippen LogP contribution in [0.4, 0.5) is 0 Å². The van der Waals surface area contributed by atoms with Crippen molar-refractivity contribution in [2.75, 3.05) is 6.61 Å². The summed E-state index contributed by atoms with van der Waals surface area (Å²) in [5.41, 5.74) is 0. The quantitative estimate of drug-likeness (QED) is 0.416. The Morgan fingerprint density at radius 1 is 1.54 bits per heavy atom. The summed E-state index contributed by atoms with van der Waals surface area (Å²) in [5, 5.41) is 0. The maximum absolute atomic E-state index is 5.19. The van der Waals surface area contributed by atoms with Gasteiger partial charge >= 0.3 is 51.4 Å². The average Bonchev–Trinajstić information content (AvgIpc) is 2.05. The Balaban J connectivity index is -0.000000605. The Morgan fingerprint density at radius 3 is 2.54 bits per heavy atom. The SMILES string of the molecule is CCCCC(CC)COC(=S)S.[H-].[K+]. The van der Waals surface area contributed by atoms with Crippen LogP contribution in [0.1, 0.15) is 41.0 Å². The third kappa shape index (κ3) is 11.8. The molecule has 74 valence electrons. The third-order valence-electron chi connectivity index (χ3n) is 1.99. The van der Waals surface area contributed by atoms with Gasteiger partial charge in [-0.3, -0.25) is 0 Å². The monoisotopic (exact) mass is 246 g/mol. The summed E-state index contributed by atoms with van der Waals surface area (Å²) >= 11 is 8.63. The van der Waals surface area contributed by atoms with Crippen LogP contribution in [0.3, 0.4) is 0 Å². The maximum atomic E-state index is 5.19. The summed E-state index contributed by atoms with van der Waals surface area (Å²) in [4.78, 5) is 0. The molecule has 0 spiro atoms. The summed E-state index contributed by atoms with van der Waals surface area (Å²) in [6.07, 6.45) is 4.93. The van der Waals surface area contributed by atoms with Crippen molar-refractivity contribution >= 4 is 29.2 Å². The van der Waals surface area contributed by atoms with Gasteiger partial charge in [-0.15, -0.1) is 0 Å². The van der Waals surface area contributed by atoms with E-state index in [-0.39, 0.29) is 52.8 Å². The molecule has 0 aliphatic rings. The predicted octanol–water partition coefficient (Wildman–Crippen LogP) is 0.551. The summed E-state index contributed by atoms with van der Waals surface area (Å²) < 4.78 is 5.55. The molecule has 0 aliphatic carbocycles. The molecule has 0 heterocycles. The van der Waals surface area contributed by atoms with Crippen molar-refractivity contribution in [2.24, 2.45) is 5.92 Å². The maximum Gasteiger partial charge on any atom is 1.00 e. The van der Waals surface area contributed by atoms with Gasteiger partial charge in [-0.05, 0) is 24.6 Å². The van der Waals surface area contributed by atoms with Gasteiger partial charge < -0.3 is 6.16 Å². The van der Waals surface area contributed by atoms with Gasteiger partial charge in [0.15, 0.2) is 0 Å². The van der Waals surface area contributed by atoms with Crippen LogP contribution in [0.25, 0.3) is 0 Å². The van der Waals surface area contributed by atoms with Crippen molar-refractivity contribution in [3.63, 3.8) is 0 Å². The molecular formula is C9H19KOS2. The number of thiol groups is 1. The molecule has 0 amide bonds. The molecule has 1 atom stereocenters. The number of ether oxygens (including phenoxy) is 1. The van der Waals surface area contributed by atoms with Crippen molar-refractivity contribution in [2.45, 2.75) is 39.5 Å². The van der Waals surface area contributed by atoms with E-state index < -0.39 is 0 Å². The number of unbranched alkanes of at least 4 members (excludes halogenated alkanes) is 1. The van der Waals surface area contributed by atoms with Gasteiger partial charge in [0.2, 0.25) is 4.38 Å². The van der Waals surface area contributed by atoms with Crippen LogP contribution in [-0.2, 0) is 4.74 Å². The van der Waals surface area contributed by atoms with Crippen molar-refractivity contribution in [3.8, 4) is 0 Å². The first-order valence-corrected chi connectivity index (χ1v) is 5.41. The molecule has 0 N–H and O–H groups in total. The van der Waals surface area contributed by atoms with E-state index in [1.165, 1.54) is 19.3 Å². The molecule has 0 fully saturated rings. The van der Waals surface area contributed by atoms with Crippen LogP contribution < -0.4 is 51.4 Å². The first-order chi connectivity index (χ1) is 5.70. The van der Waals surface area contributed by atoms with Crippen molar-refractivity contribution in [1.29, 1.82) is 0 Å². The summed E-state index contributed by atoms with van der Waals surface area (Å²) in [7, 11) is 0. The predicted molar refractivity (Wildman–Crippen MR) is 62.0 cm³/mol. The molecule has 0 bridgehead atoms. The first-order valence-electron chi connectivity index (χ1n) is 4.56. The first kappa shape index (κ1) is 17.3. The summed E-state index contributed by atoms with van der Waals surface area (Å²) in [6.45, 7) is 5.13. The largest absolute Gasteiger partial charge is 1.00 e. The number of hydrogen-bond donors (Lipinski definition) is 1. The number of thiocarbonyl (C=S) groups is 1. The van der Waals surface area contributed by atoms with Crippen LogP contribution in [-0.4, -0.2) is 11.0 Å². The molecule has 4 heteroatoms. The third-order valence-corrected chi connectivity index (χ3v) is 2.23. The van der Waals surface area contributed by atoms with Crippen LogP contribution in [0.5, 0.6) is 0 Å². The zero-order valence-electron chi connectivity index (χ0n) is 9.88. The van der Waals surface area contributed by atoms with E-state index in [9.17, 15) is 0 Å². The summed E-state index contributed by atoms with van der Waals surface area (Å²) in [5.74, 6) is 0.648. The van der Waals surface area contributed by atoms with E-state index in [2.05, 4.69) is 26.5 Å². The van der Waals surface area contributed by atoms with Gasteiger partial charge in [-0.1, -0.05) is 45.7 Å². The number of hydrogen-bond acceptors (Lipinski definition) is 2. The minimum absolute atomic E-state index is 0. The zero-order valence-corrected chi connectivity index (χ0v) is 13.7. The van der Waals surface area contributed by atoms with Crippen molar-refractivity contribution in [1.82, 2.24) is 0 Å². The van der Waals surface area contributed by atoms with Gasteiger partial charge in [0.05, 0.1) is 6.61 Å². The average molecular weight is 246 g/mol. The zero-order chi connectivity index (χ0) is 9.40. The van der Waals surface area contributed by atoms with Crippen molar-refractivity contribution < 1.29 is 57.5 Å². The minimum Gasteiger partial charge on any atom is -1.00 e. The van der Waals surface area contributed by atoms with Crippen LogP contribution in [0.15, 0.2) is 0 Å². The fraction of sp³-hybridized carbons (Fsp3) is 0.889. The molecular weight excluding hydrogens is 227 g/mol. The molecule has 0 aliphatic heterocycles. The van der Waals surface area contributed by atoms with Crippen molar-refractivity contribution in [3.05, 3.63) is 0 Å². The van der Waals surface area contributed by atoms with E-state index in [1.807, 2.05) is 0 Å². The number of rotatable bonds is 6. The standard InChI is InChI=1S/C9H18OS2.K.H/c1-3-5-6-8(4-2)7-10-9(11)12;;/h8H,3-7H2,1-2H3,(H,11,12);;/q;+1;-1. The second kappa shape index (κ2) is 11.9. The van der Waals surface area contributed by atoms with E-state index >= 15 is 0 Å². The van der Waals surface area contributed by atoms with E-state index in [0.717, 1.165) is 13.0 Å². The molecule has 0 aromatic rings. The Kier molecular flexibility index (Phi) is 15.9. The van der Waals surface area contributed by atoms with E-state index in [1.54, 1.807) is 0 Å². The minimum atomic E-state index is 0. The Bertz CT molecular complexity index is 136. The topological polar surface area (TPSA) is 9.23 Å². The molecule has 0 aromatic heterocycles. The molecule has 0 rings (SSSR count). The van der Waals surface area contributed by atoms with Gasteiger partial charge in [0.1, 0.15) is 0 Å². The molecule has 13 heavy (non-hydrogen) atoms. The fourth-order valence-electron chi connectivity index (χ4n) is 1.09. The Labute approximate surface area is 137 Å². The fourth-order valence-corrected chi connectivity index (χ4v) is 1.23. The smallest absolute Gasteiger partial charge is 1.00 e.